The first-order valence-electron chi connectivity index (χ1n) is 8.27. The monoisotopic (exact) mass is 304 g/mol. The molecule has 2 nitrogen and oxygen atoms in total. The number of ether oxygens (including phenoxy) is 1. The molecular formula is C20H32O2. The van der Waals surface area contributed by atoms with Gasteiger partial charge in [0.1, 0.15) is 6.61 Å². The molecule has 0 aromatic rings. The predicted octanol–water partition coefficient (Wildman–Crippen LogP) is 5.46. The topological polar surface area (TPSA) is 26.3 Å². The van der Waals surface area contributed by atoms with Crippen molar-refractivity contribution in [2.75, 3.05) is 6.61 Å². The first kappa shape index (κ1) is 18.7. The summed E-state index contributed by atoms with van der Waals surface area (Å²) in [6.07, 6.45) is 8.55. The molecule has 0 radical (unpaired) electrons. The Morgan fingerprint density at radius 2 is 1.68 bits per heavy atom. The quantitative estimate of drug-likeness (QED) is 0.461. The van der Waals surface area contributed by atoms with E-state index in [2.05, 4.69) is 60.6 Å². The molecule has 2 heteroatoms. The van der Waals surface area contributed by atoms with Gasteiger partial charge in [-0.2, -0.15) is 0 Å². The number of rotatable bonds is 7. The van der Waals surface area contributed by atoms with E-state index in [1.54, 1.807) is 0 Å². The van der Waals surface area contributed by atoms with E-state index in [0.717, 1.165) is 12.8 Å². The molecule has 0 N–H and O–H groups in total. The Labute approximate surface area is 136 Å². The van der Waals surface area contributed by atoms with E-state index in [9.17, 15) is 4.79 Å². The molecular weight excluding hydrogens is 272 g/mol. The number of esters is 1. The highest BCUT2D eigenvalue weighted by molar-refractivity contribution is 5.78. The molecule has 0 aromatic carbocycles. The minimum Gasteiger partial charge on any atom is -0.461 e. The first-order chi connectivity index (χ1) is 10.2. The molecule has 22 heavy (non-hydrogen) atoms. The second-order valence-corrected chi connectivity index (χ2v) is 7.57. The molecule has 0 aromatic heterocycles. The molecule has 0 heterocycles. The maximum atomic E-state index is 12.2. The summed E-state index contributed by atoms with van der Waals surface area (Å²) in [5, 5.41) is 0. The van der Waals surface area contributed by atoms with Crippen LogP contribution in [0.25, 0.3) is 0 Å². The zero-order valence-electron chi connectivity index (χ0n) is 15.3. The summed E-state index contributed by atoms with van der Waals surface area (Å²) in [6.45, 7) is 15.2. The van der Waals surface area contributed by atoms with Gasteiger partial charge in [0.2, 0.25) is 0 Å². The Morgan fingerprint density at radius 3 is 2.23 bits per heavy atom. The number of allylic oxidation sites excluding steroid dienone is 5. The molecule has 1 rings (SSSR count). The van der Waals surface area contributed by atoms with Gasteiger partial charge in [-0.25, -0.2) is 0 Å². The van der Waals surface area contributed by atoms with Crippen LogP contribution in [0.1, 0.15) is 61.3 Å². The summed E-state index contributed by atoms with van der Waals surface area (Å²) < 4.78 is 5.45. The molecule has 0 spiro atoms. The van der Waals surface area contributed by atoms with Crippen LogP contribution in [0.4, 0.5) is 0 Å². The second kappa shape index (κ2) is 7.80. The molecule has 1 aliphatic rings. The van der Waals surface area contributed by atoms with Gasteiger partial charge in [-0.1, -0.05) is 42.7 Å². The molecule has 0 amide bonds. The van der Waals surface area contributed by atoms with E-state index in [0.29, 0.717) is 12.5 Å². The maximum absolute atomic E-state index is 12.2. The van der Waals surface area contributed by atoms with Gasteiger partial charge in [-0.15, -0.1) is 0 Å². The number of hydrogen-bond acceptors (Lipinski definition) is 2. The van der Waals surface area contributed by atoms with Gasteiger partial charge in [0.25, 0.3) is 0 Å². The van der Waals surface area contributed by atoms with Crippen molar-refractivity contribution in [2.24, 2.45) is 17.3 Å². The summed E-state index contributed by atoms with van der Waals surface area (Å²) in [6, 6.07) is 0. The SMILES string of the molecule is CC(C)=CCC/C(C)=C\COC(=O)[C@H]1[C@H](C=C(C)C)C1(C)C. The van der Waals surface area contributed by atoms with Crippen LogP contribution >= 0.6 is 0 Å². The predicted molar refractivity (Wildman–Crippen MR) is 93.6 cm³/mol. The normalized spacial score (nSPS) is 22.8. The van der Waals surface area contributed by atoms with Crippen molar-refractivity contribution in [3.8, 4) is 0 Å². The van der Waals surface area contributed by atoms with Gasteiger partial charge in [0.15, 0.2) is 0 Å². The summed E-state index contributed by atoms with van der Waals surface area (Å²) in [5.74, 6) is 0.287. The van der Waals surface area contributed by atoms with Crippen molar-refractivity contribution < 1.29 is 9.53 Å². The van der Waals surface area contributed by atoms with Crippen molar-refractivity contribution in [3.05, 3.63) is 34.9 Å². The van der Waals surface area contributed by atoms with Crippen LogP contribution < -0.4 is 0 Å². The number of carbonyl (C=O) groups excluding carboxylic acids is 1. The highest BCUT2D eigenvalue weighted by Gasteiger charge is 2.61. The smallest absolute Gasteiger partial charge is 0.310 e. The molecule has 1 aliphatic carbocycles. The van der Waals surface area contributed by atoms with E-state index in [-0.39, 0.29) is 17.3 Å². The Bertz CT molecular complexity index is 484. The fraction of sp³-hybridized carbons (Fsp3) is 0.650. The third kappa shape index (κ3) is 5.47. The average molecular weight is 304 g/mol. The molecule has 2 atom stereocenters. The van der Waals surface area contributed by atoms with Crippen LogP contribution in [0.2, 0.25) is 0 Å². The first-order valence-corrected chi connectivity index (χ1v) is 8.27. The Kier molecular flexibility index (Phi) is 6.65. The van der Waals surface area contributed by atoms with Crippen molar-refractivity contribution >= 4 is 5.97 Å². The van der Waals surface area contributed by atoms with Gasteiger partial charge in [0.05, 0.1) is 5.92 Å². The average Bonchev–Trinajstić information content (AvgIpc) is 2.89. The van der Waals surface area contributed by atoms with Crippen molar-refractivity contribution in [2.45, 2.75) is 61.3 Å². The fourth-order valence-electron chi connectivity index (χ4n) is 2.84. The van der Waals surface area contributed by atoms with Crippen LogP contribution in [-0.2, 0) is 9.53 Å². The van der Waals surface area contributed by atoms with Crippen LogP contribution in [0.5, 0.6) is 0 Å². The molecule has 0 bridgehead atoms. The van der Waals surface area contributed by atoms with E-state index in [1.807, 2.05) is 6.08 Å². The minimum absolute atomic E-state index is 0.0155. The minimum atomic E-state index is -0.0548. The third-order valence-corrected chi connectivity index (χ3v) is 4.43. The van der Waals surface area contributed by atoms with Crippen LogP contribution in [0, 0.1) is 17.3 Å². The van der Waals surface area contributed by atoms with Gasteiger partial charge < -0.3 is 4.74 Å². The van der Waals surface area contributed by atoms with E-state index in [4.69, 9.17) is 4.74 Å². The van der Waals surface area contributed by atoms with Crippen molar-refractivity contribution in [1.82, 2.24) is 0 Å². The molecule has 0 saturated heterocycles. The molecule has 0 unspecified atom stereocenters. The summed E-state index contributed by atoms with van der Waals surface area (Å²) >= 11 is 0. The summed E-state index contributed by atoms with van der Waals surface area (Å²) in [5.41, 5.74) is 3.93. The largest absolute Gasteiger partial charge is 0.461 e. The lowest BCUT2D eigenvalue weighted by Crippen LogP contribution is -2.10. The zero-order chi connectivity index (χ0) is 16.9. The van der Waals surface area contributed by atoms with Gasteiger partial charge in [-0.3, -0.25) is 4.79 Å². The van der Waals surface area contributed by atoms with Gasteiger partial charge in [0, 0.05) is 0 Å². The molecule has 0 aliphatic heterocycles. The van der Waals surface area contributed by atoms with Crippen molar-refractivity contribution in [3.63, 3.8) is 0 Å². The highest BCUT2D eigenvalue weighted by atomic mass is 16.5. The van der Waals surface area contributed by atoms with Crippen LogP contribution in [-0.4, -0.2) is 12.6 Å². The summed E-state index contributed by atoms with van der Waals surface area (Å²) in [4.78, 5) is 12.2. The van der Waals surface area contributed by atoms with E-state index >= 15 is 0 Å². The Morgan fingerprint density at radius 1 is 1.05 bits per heavy atom. The number of hydrogen-bond donors (Lipinski definition) is 0. The van der Waals surface area contributed by atoms with Crippen LogP contribution in [0.3, 0.4) is 0 Å². The molecule has 124 valence electrons. The zero-order valence-corrected chi connectivity index (χ0v) is 15.3. The lowest BCUT2D eigenvalue weighted by molar-refractivity contribution is -0.144. The van der Waals surface area contributed by atoms with Gasteiger partial charge in [-0.05, 0) is 64.9 Å². The van der Waals surface area contributed by atoms with Gasteiger partial charge >= 0.3 is 5.97 Å². The van der Waals surface area contributed by atoms with Crippen LogP contribution in [0.15, 0.2) is 34.9 Å². The lowest BCUT2D eigenvalue weighted by atomic mass is 10.1. The number of carbonyl (C=O) groups is 1. The second-order valence-electron chi connectivity index (χ2n) is 7.57. The van der Waals surface area contributed by atoms with E-state index < -0.39 is 0 Å². The summed E-state index contributed by atoms with van der Waals surface area (Å²) in [7, 11) is 0. The standard InChI is InChI=1S/C20H32O2/c1-14(2)9-8-10-16(5)11-12-22-19(21)18-17(13-15(3)4)20(18,6)7/h9,11,13,17-18H,8,10,12H2,1-7H3/b16-11-/t17-,18+/m0/s1. The fourth-order valence-corrected chi connectivity index (χ4v) is 2.84. The molecule has 1 fully saturated rings. The third-order valence-electron chi connectivity index (χ3n) is 4.43. The Hall–Kier alpha value is -1.31. The highest BCUT2D eigenvalue weighted by Crippen LogP contribution is 2.59. The van der Waals surface area contributed by atoms with E-state index in [1.165, 1.54) is 16.7 Å². The van der Waals surface area contributed by atoms with Crippen molar-refractivity contribution in [1.29, 1.82) is 0 Å². The molecule has 1 saturated carbocycles. The Balaban J connectivity index is 2.41. The lowest BCUT2D eigenvalue weighted by Gasteiger charge is -2.04. The maximum Gasteiger partial charge on any atom is 0.310 e.